The summed E-state index contributed by atoms with van der Waals surface area (Å²) in [6.07, 6.45) is 9.61. The Morgan fingerprint density at radius 1 is 1.15 bits per heavy atom. The second kappa shape index (κ2) is 5.88. The van der Waals surface area contributed by atoms with Gasteiger partial charge in [0, 0.05) is 6.04 Å². The van der Waals surface area contributed by atoms with Gasteiger partial charge in [-0.25, -0.2) is 0 Å². The van der Waals surface area contributed by atoms with E-state index in [0.29, 0.717) is 30.2 Å². The zero-order valence-electron chi connectivity index (χ0n) is 11.8. The molecular formula is C16H25NO3. The lowest BCUT2D eigenvalue weighted by molar-refractivity contribution is 0.0661. The minimum absolute atomic E-state index is 0.160. The van der Waals surface area contributed by atoms with Crippen molar-refractivity contribution in [3.63, 3.8) is 0 Å². The van der Waals surface area contributed by atoms with Gasteiger partial charge in [-0.05, 0) is 62.5 Å². The van der Waals surface area contributed by atoms with Crippen LogP contribution in [0.25, 0.3) is 0 Å². The van der Waals surface area contributed by atoms with Crippen LogP contribution in [0.5, 0.6) is 0 Å². The summed E-state index contributed by atoms with van der Waals surface area (Å²) in [4.78, 5) is 0. The van der Waals surface area contributed by atoms with Crippen LogP contribution in [0.3, 0.4) is 0 Å². The minimum atomic E-state index is -0.692. The Hall–Kier alpha value is -0.840. The number of hydrogen-bond acceptors (Lipinski definition) is 4. The maximum absolute atomic E-state index is 9.88. The maximum atomic E-state index is 9.88. The van der Waals surface area contributed by atoms with E-state index in [1.165, 1.54) is 0 Å². The van der Waals surface area contributed by atoms with Gasteiger partial charge < -0.3 is 20.6 Å². The summed E-state index contributed by atoms with van der Waals surface area (Å²) in [5, 5.41) is 32.7. The van der Waals surface area contributed by atoms with Gasteiger partial charge >= 0.3 is 0 Å². The van der Waals surface area contributed by atoms with Crippen LogP contribution in [0, 0.1) is 17.8 Å². The fourth-order valence-corrected chi connectivity index (χ4v) is 4.00. The Morgan fingerprint density at radius 3 is 2.75 bits per heavy atom. The van der Waals surface area contributed by atoms with Gasteiger partial charge in [-0.15, -0.1) is 0 Å². The molecule has 1 aliphatic heterocycles. The topological polar surface area (TPSA) is 72.7 Å². The lowest BCUT2D eigenvalue weighted by Crippen LogP contribution is -2.49. The predicted octanol–water partition coefficient (Wildman–Crippen LogP) is 1.50. The molecule has 0 aromatic heterocycles. The van der Waals surface area contributed by atoms with Gasteiger partial charge in [0.15, 0.2) is 0 Å². The van der Waals surface area contributed by atoms with Gasteiger partial charge in [0.1, 0.15) is 11.9 Å². The zero-order chi connectivity index (χ0) is 14.1. The standard InChI is InChI=1S/C16H25NO3/c18-12-3-1-10(2-4-12)7-14-13-9-16(20)15(19)8-11(13)5-6-17-14/h1,3,8,10-14,16-20H,2,4-7,9H2. The maximum Gasteiger partial charge on any atom is 0.117 e. The van der Waals surface area contributed by atoms with E-state index in [-0.39, 0.29) is 11.9 Å². The van der Waals surface area contributed by atoms with E-state index in [1.807, 2.05) is 12.2 Å². The molecule has 1 saturated heterocycles. The van der Waals surface area contributed by atoms with Crippen molar-refractivity contribution in [3.05, 3.63) is 24.0 Å². The molecule has 0 aromatic rings. The first kappa shape index (κ1) is 14.1. The van der Waals surface area contributed by atoms with Crippen molar-refractivity contribution in [1.82, 2.24) is 5.32 Å². The third-order valence-electron chi connectivity index (χ3n) is 5.17. The molecule has 0 saturated carbocycles. The van der Waals surface area contributed by atoms with E-state index in [0.717, 1.165) is 32.2 Å². The summed E-state index contributed by atoms with van der Waals surface area (Å²) in [6, 6.07) is 0.401. The quantitative estimate of drug-likeness (QED) is 0.578. The Bertz CT molecular complexity index is 407. The molecule has 3 rings (SSSR count). The lowest BCUT2D eigenvalue weighted by Gasteiger charge is -2.42. The predicted molar refractivity (Wildman–Crippen MR) is 77.2 cm³/mol. The number of fused-ring (bicyclic) bond motifs is 1. The fourth-order valence-electron chi connectivity index (χ4n) is 4.00. The SMILES string of the molecule is OC1=CC2CCNC(CC3C=CC(O)CC3)C2CC1O. The summed E-state index contributed by atoms with van der Waals surface area (Å²) >= 11 is 0. The normalized spacial score (nSPS) is 44.8. The second-order valence-electron chi connectivity index (χ2n) is 6.55. The summed E-state index contributed by atoms with van der Waals surface area (Å²) in [5.74, 6) is 1.48. The molecule has 1 heterocycles. The van der Waals surface area contributed by atoms with Gasteiger partial charge in [-0.1, -0.05) is 12.2 Å². The third-order valence-corrected chi connectivity index (χ3v) is 5.17. The molecule has 2 aliphatic carbocycles. The number of aliphatic hydroxyl groups is 3. The molecule has 4 heteroatoms. The summed E-state index contributed by atoms with van der Waals surface area (Å²) < 4.78 is 0. The van der Waals surface area contributed by atoms with E-state index in [9.17, 15) is 15.3 Å². The van der Waals surface area contributed by atoms with Crippen LogP contribution in [0.4, 0.5) is 0 Å². The molecule has 6 atom stereocenters. The first-order valence-corrected chi connectivity index (χ1v) is 7.82. The molecule has 4 N–H and O–H groups in total. The van der Waals surface area contributed by atoms with E-state index in [1.54, 1.807) is 0 Å². The van der Waals surface area contributed by atoms with Crippen LogP contribution in [0.2, 0.25) is 0 Å². The van der Waals surface area contributed by atoms with Crippen molar-refractivity contribution in [1.29, 1.82) is 0 Å². The monoisotopic (exact) mass is 279 g/mol. The molecule has 20 heavy (non-hydrogen) atoms. The number of nitrogens with one attached hydrogen (secondary N) is 1. The molecule has 0 amide bonds. The highest BCUT2D eigenvalue weighted by molar-refractivity contribution is 5.12. The van der Waals surface area contributed by atoms with Crippen molar-refractivity contribution in [3.8, 4) is 0 Å². The molecule has 0 bridgehead atoms. The average Bonchev–Trinajstić information content (AvgIpc) is 2.43. The Morgan fingerprint density at radius 2 is 2.00 bits per heavy atom. The summed E-state index contributed by atoms with van der Waals surface area (Å²) in [5.41, 5.74) is 0. The van der Waals surface area contributed by atoms with Crippen molar-refractivity contribution in [2.45, 2.75) is 50.4 Å². The highest BCUT2D eigenvalue weighted by Crippen LogP contribution is 2.38. The minimum Gasteiger partial charge on any atom is -0.510 e. The highest BCUT2D eigenvalue weighted by atomic mass is 16.3. The number of aliphatic hydroxyl groups excluding tert-OH is 3. The number of hydrogen-bond donors (Lipinski definition) is 4. The first-order valence-electron chi connectivity index (χ1n) is 7.82. The molecule has 1 fully saturated rings. The van der Waals surface area contributed by atoms with Crippen molar-refractivity contribution < 1.29 is 15.3 Å². The molecule has 3 aliphatic rings. The number of rotatable bonds is 2. The third kappa shape index (κ3) is 2.92. The van der Waals surface area contributed by atoms with Gasteiger partial charge in [0.2, 0.25) is 0 Å². The van der Waals surface area contributed by atoms with Gasteiger partial charge in [-0.3, -0.25) is 0 Å². The molecule has 6 unspecified atom stereocenters. The highest BCUT2D eigenvalue weighted by Gasteiger charge is 2.38. The zero-order valence-corrected chi connectivity index (χ0v) is 11.8. The van der Waals surface area contributed by atoms with Crippen LogP contribution >= 0.6 is 0 Å². The fraction of sp³-hybridized carbons (Fsp3) is 0.750. The number of allylic oxidation sites excluding steroid dienone is 2. The van der Waals surface area contributed by atoms with Crippen LogP contribution < -0.4 is 5.32 Å². The first-order chi connectivity index (χ1) is 9.63. The van der Waals surface area contributed by atoms with Crippen molar-refractivity contribution in [2.75, 3.05) is 6.54 Å². The summed E-state index contributed by atoms with van der Waals surface area (Å²) in [7, 11) is 0. The Labute approximate surface area is 120 Å². The molecule has 0 radical (unpaired) electrons. The smallest absolute Gasteiger partial charge is 0.117 e. The lowest BCUT2D eigenvalue weighted by atomic mass is 9.71. The van der Waals surface area contributed by atoms with Crippen LogP contribution in [-0.4, -0.2) is 40.1 Å². The Balaban J connectivity index is 1.66. The van der Waals surface area contributed by atoms with Gasteiger partial charge in [-0.2, -0.15) is 0 Å². The molecule has 112 valence electrons. The van der Waals surface area contributed by atoms with Gasteiger partial charge in [0.25, 0.3) is 0 Å². The molecular weight excluding hydrogens is 254 g/mol. The van der Waals surface area contributed by atoms with Crippen LogP contribution in [0.1, 0.15) is 32.1 Å². The molecule has 4 nitrogen and oxygen atoms in total. The van der Waals surface area contributed by atoms with Crippen LogP contribution in [0.15, 0.2) is 24.0 Å². The van der Waals surface area contributed by atoms with E-state index >= 15 is 0 Å². The second-order valence-corrected chi connectivity index (χ2v) is 6.55. The van der Waals surface area contributed by atoms with Crippen molar-refractivity contribution in [2.24, 2.45) is 17.8 Å². The molecule has 0 spiro atoms. The van der Waals surface area contributed by atoms with Crippen molar-refractivity contribution >= 4 is 0 Å². The van der Waals surface area contributed by atoms with Crippen LogP contribution in [-0.2, 0) is 0 Å². The van der Waals surface area contributed by atoms with E-state index < -0.39 is 6.10 Å². The van der Waals surface area contributed by atoms with Gasteiger partial charge in [0.05, 0.1) is 6.10 Å². The molecule has 0 aromatic carbocycles. The van der Waals surface area contributed by atoms with E-state index in [4.69, 9.17) is 0 Å². The largest absolute Gasteiger partial charge is 0.510 e. The number of piperidine rings is 1. The van der Waals surface area contributed by atoms with E-state index in [2.05, 4.69) is 11.4 Å². The Kier molecular flexibility index (Phi) is 4.15. The summed E-state index contributed by atoms with van der Waals surface area (Å²) in [6.45, 7) is 0.977. The average molecular weight is 279 g/mol.